The van der Waals surface area contributed by atoms with Gasteiger partial charge in [-0.2, -0.15) is 13.2 Å². The first-order valence-corrected chi connectivity index (χ1v) is 6.82. The van der Waals surface area contributed by atoms with E-state index >= 15 is 0 Å². The van der Waals surface area contributed by atoms with Crippen molar-refractivity contribution in [2.45, 2.75) is 39.5 Å². The summed E-state index contributed by atoms with van der Waals surface area (Å²) in [5.41, 5.74) is -0.312. The average Bonchev–Trinajstić information content (AvgIpc) is 2.37. The summed E-state index contributed by atoms with van der Waals surface area (Å²) in [7, 11) is 0. The first-order valence-electron chi connectivity index (χ1n) is 6.82. The molecule has 1 rings (SSSR count). The van der Waals surface area contributed by atoms with Crippen molar-refractivity contribution in [2.24, 2.45) is 5.92 Å². The van der Waals surface area contributed by atoms with Crippen molar-refractivity contribution >= 4 is 0 Å². The van der Waals surface area contributed by atoms with E-state index in [2.05, 4.69) is 5.32 Å². The molecule has 0 bridgehead atoms. The fourth-order valence-corrected chi connectivity index (χ4v) is 1.92. The lowest BCUT2D eigenvalue weighted by Crippen LogP contribution is -2.38. The minimum atomic E-state index is -4.31. The summed E-state index contributed by atoms with van der Waals surface area (Å²) in [5.74, 6) is 0.291. The summed E-state index contributed by atoms with van der Waals surface area (Å²) >= 11 is 0. The lowest BCUT2D eigenvalue weighted by Gasteiger charge is -2.23. The molecule has 0 heterocycles. The van der Waals surface area contributed by atoms with Crippen LogP contribution >= 0.6 is 0 Å². The van der Waals surface area contributed by atoms with Crippen molar-refractivity contribution in [1.29, 1.82) is 0 Å². The largest absolute Gasteiger partial charge is 0.416 e. The van der Waals surface area contributed by atoms with Crippen molar-refractivity contribution in [2.75, 3.05) is 13.2 Å². The Morgan fingerprint density at radius 2 is 1.85 bits per heavy atom. The van der Waals surface area contributed by atoms with E-state index in [0.29, 0.717) is 19.1 Å². The van der Waals surface area contributed by atoms with Crippen LogP contribution in [0.3, 0.4) is 0 Å². The molecule has 0 spiro atoms. The predicted octanol–water partition coefficient (Wildman–Crippen LogP) is 3.86. The van der Waals surface area contributed by atoms with Crippen molar-refractivity contribution in [3.05, 3.63) is 35.4 Å². The van der Waals surface area contributed by atoms with E-state index < -0.39 is 11.7 Å². The number of alkyl halides is 3. The molecule has 1 N–H and O–H groups in total. The molecule has 1 unspecified atom stereocenters. The highest BCUT2D eigenvalue weighted by Gasteiger charge is 2.32. The van der Waals surface area contributed by atoms with Gasteiger partial charge in [0.25, 0.3) is 0 Å². The number of halogens is 3. The minimum absolute atomic E-state index is 0.0382. The molecule has 5 heteroatoms. The van der Waals surface area contributed by atoms with Crippen LogP contribution in [0.15, 0.2) is 24.3 Å². The standard InChI is InChI=1S/C15H22F3NO/c1-4-20-10-14(11(2)3)19-9-12-7-5-6-8-13(12)15(16,17)18/h5-8,11,14,19H,4,9-10H2,1-3H3. The third-order valence-corrected chi connectivity index (χ3v) is 3.18. The van der Waals surface area contributed by atoms with Gasteiger partial charge in [0, 0.05) is 19.2 Å². The van der Waals surface area contributed by atoms with Gasteiger partial charge in [-0.25, -0.2) is 0 Å². The van der Waals surface area contributed by atoms with Crippen LogP contribution in [-0.4, -0.2) is 19.3 Å². The summed E-state index contributed by atoms with van der Waals surface area (Å²) in [6.45, 7) is 7.23. The summed E-state index contributed by atoms with van der Waals surface area (Å²) in [6, 6.07) is 5.69. The third-order valence-electron chi connectivity index (χ3n) is 3.18. The van der Waals surface area contributed by atoms with Crippen molar-refractivity contribution in [3.63, 3.8) is 0 Å². The summed E-state index contributed by atoms with van der Waals surface area (Å²) in [4.78, 5) is 0. The van der Waals surface area contributed by atoms with Gasteiger partial charge in [0.1, 0.15) is 0 Å². The van der Waals surface area contributed by atoms with Crippen LogP contribution < -0.4 is 5.32 Å². The maximum atomic E-state index is 12.9. The van der Waals surface area contributed by atoms with Gasteiger partial charge in [0.15, 0.2) is 0 Å². The fourth-order valence-electron chi connectivity index (χ4n) is 1.92. The second-order valence-electron chi connectivity index (χ2n) is 5.05. The molecule has 0 fully saturated rings. The van der Waals surface area contributed by atoms with E-state index in [1.54, 1.807) is 6.07 Å². The molecular weight excluding hydrogens is 267 g/mol. The van der Waals surface area contributed by atoms with Crippen LogP contribution in [0.5, 0.6) is 0 Å². The first-order chi connectivity index (χ1) is 9.36. The van der Waals surface area contributed by atoms with E-state index in [-0.39, 0.29) is 18.2 Å². The maximum Gasteiger partial charge on any atom is 0.416 e. The second kappa shape index (κ2) is 7.64. The van der Waals surface area contributed by atoms with Gasteiger partial charge in [0.2, 0.25) is 0 Å². The summed E-state index contributed by atoms with van der Waals surface area (Å²) in [6.07, 6.45) is -4.31. The molecule has 114 valence electrons. The quantitative estimate of drug-likeness (QED) is 0.823. The highest BCUT2D eigenvalue weighted by Crippen LogP contribution is 2.31. The van der Waals surface area contributed by atoms with E-state index in [1.807, 2.05) is 20.8 Å². The van der Waals surface area contributed by atoms with Crippen LogP contribution in [0.4, 0.5) is 13.2 Å². The molecule has 0 amide bonds. The SMILES string of the molecule is CCOCC(NCc1ccccc1C(F)(F)F)C(C)C. The Hall–Kier alpha value is -1.07. The molecule has 0 saturated carbocycles. The van der Waals surface area contributed by atoms with Gasteiger partial charge >= 0.3 is 6.18 Å². The van der Waals surface area contributed by atoms with Crippen molar-refractivity contribution in [1.82, 2.24) is 5.32 Å². The van der Waals surface area contributed by atoms with Gasteiger partial charge in [-0.1, -0.05) is 32.0 Å². The summed E-state index contributed by atoms with van der Waals surface area (Å²) in [5, 5.41) is 3.16. The predicted molar refractivity (Wildman–Crippen MR) is 73.4 cm³/mol. The Morgan fingerprint density at radius 1 is 1.20 bits per heavy atom. The topological polar surface area (TPSA) is 21.3 Å². The van der Waals surface area contributed by atoms with Gasteiger partial charge in [0.05, 0.1) is 12.2 Å². The summed E-state index contributed by atoms with van der Waals surface area (Å²) < 4.78 is 44.0. The van der Waals surface area contributed by atoms with Crippen LogP contribution in [0.25, 0.3) is 0 Å². The lowest BCUT2D eigenvalue weighted by molar-refractivity contribution is -0.138. The molecule has 0 aromatic heterocycles. The first kappa shape index (κ1) is 17.0. The second-order valence-corrected chi connectivity index (χ2v) is 5.05. The Kier molecular flexibility index (Phi) is 6.49. The number of ether oxygens (including phenoxy) is 1. The Balaban J connectivity index is 2.73. The number of hydrogen-bond acceptors (Lipinski definition) is 2. The minimum Gasteiger partial charge on any atom is -0.380 e. The van der Waals surface area contributed by atoms with Gasteiger partial charge in [-0.05, 0) is 24.5 Å². The zero-order valence-corrected chi connectivity index (χ0v) is 12.1. The van der Waals surface area contributed by atoms with E-state index in [4.69, 9.17) is 4.74 Å². The molecule has 20 heavy (non-hydrogen) atoms. The number of nitrogens with one attached hydrogen (secondary N) is 1. The highest BCUT2D eigenvalue weighted by molar-refractivity contribution is 5.29. The van der Waals surface area contributed by atoms with E-state index in [9.17, 15) is 13.2 Å². The third kappa shape index (κ3) is 5.13. The normalized spacial score (nSPS) is 13.8. The molecule has 1 aromatic carbocycles. The highest BCUT2D eigenvalue weighted by atomic mass is 19.4. The van der Waals surface area contributed by atoms with Crippen LogP contribution in [-0.2, 0) is 17.5 Å². The van der Waals surface area contributed by atoms with Gasteiger partial charge in [-0.3, -0.25) is 0 Å². The fraction of sp³-hybridized carbons (Fsp3) is 0.600. The molecular formula is C15H22F3NO. The van der Waals surface area contributed by atoms with Crippen LogP contribution in [0.1, 0.15) is 31.9 Å². The monoisotopic (exact) mass is 289 g/mol. The van der Waals surface area contributed by atoms with Crippen LogP contribution in [0.2, 0.25) is 0 Å². The molecule has 1 atom stereocenters. The molecule has 2 nitrogen and oxygen atoms in total. The van der Waals surface area contributed by atoms with E-state index in [0.717, 1.165) is 6.07 Å². The number of benzene rings is 1. The van der Waals surface area contributed by atoms with Gasteiger partial charge < -0.3 is 10.1 Å². The maximum absolute atomic E-state index is 12.9. The molecule has 0 aliphatic carbocycles. The van der Waals surface area contributed by atoms with E-state index in [1.165, 1.54) is 12.1 Å². The van der Waals surface area contributed by atoms with Gasteiger partial charge in [-0.15, -0.1) is 0 Å². The Bertz CT molecular complexity index is 404. The zero-order chi connectivity index (χ0) is 15.2. The number of hydrogen-bond donors (Lipinski definition) is 1. The number of rotatable bonds is 7. The molecule has 0 saturated heterocycles. The average molecular weight is 289 g/mol. The van der Waals surface area contributed by atoms with Crippen molar-refractivity contribution < 1.29 is 17.9 Å². The lowest BCUT2D eigenvalue weighted by atomic mass is 10.0. The molecule has 0 radical (unpaired) electrons. The molecule has 1 aromatic rings. The molecule has 0 aliphatic rings. The van der Waals surface area contributed by atoms with Crippen molar-refractivity contribution in [3.8, 4) is 0 Å². The smallest absolute Gasteiger partial charge is 0.380 e. The zero-order valence-electron chi connectivity index (χ0n) is 12.1. The Morgan fingerprint density at radius 3 is 2.40 bits per heavy atom. The Labute approximate surface area is 118 Å². The van der Waals surface area contributed by atoms with Crippen LogP contribution in [0, 0.1) is 5.92 Å². The molecule has 0 aliphatic heterocycles.